The summed E-state index contributed by atoms with van der Waals surface area (Å²) >= 11 is 8.03. The number of halogens is 1. The van der Waals surface area contributed by atoms with Crippen LogP contribution in [-0.2, 0) is 5.88 Å². The maximum Gasteiger partial charge on any atom is 0.125 e. The average Bonchev–Trinajstić information content (AvgIpc) is 3.03. The largest absolute Gasteiger partial charge is 0.497 e. The molecule has 1 aromatic heterocycles. The van der Waals surface area contributed by atoms with Gasteiger partial charge < -0.3 is 9.30 Å². The Hall–Kier alpha value is -0.870. The first-order valence-electron chi connectivity index (χ1n) is 6.02. The molecule has 0 amide bonds. The molecule has 5 heteroatoms. The van der Waals surface area contributed by atoms with E-state index in [0.717, 1.165) is 28.4 Å². The third-order valence-electron chi connectivity index (χ3n) is 3.36. The fourth-order valence-electron chi connectivity index (χ4n) is 2.48. The summed E-state index contributed by atoms with van der Waals surface area (Å²) in [6, 6.07) is 6.52. The van der Waals surface area contributed by atoms with Gasteiger partial charge in [0, 0.05) is 17.9 Å². The number of hydrogen-bond acceptors (Lipinski definition) is 3. The zero-order valence-electron chi connectivity index (χ0n) is 10.2. The molecule has 1 aromatic carbocycles. The smallest absolute Gasteiger partial charge is 0.125 e. The molecule has 1 aliphatic rings. The average molecular weight is 283 g/mol. The number of nitrogens with zero attached hydrogens (tertiary/aromatic N) is 2. The molecule has 0 aliphatic carbocycles. The zero-order valence-corrected chi connectivity index (χ0v) is 11.8. The fourth-order valence-corrected chi connectivity index (χ4v) is 3.86. The third-order valence-corrected chi connectivity index (χ3v) is 4.74. The van der Waals surface area contributed by atoms with Crippen molar-refractivity contribution in [3.63, 3.8) is 0 Å². The standard InChI is InChI=1S/C13H15ClN2OS/c1-17-10-2-3-11-12(6-10)16(13(7-14)15-11)9-4-5-18-8-9/h2-3,6,9H,4-5,7-8H2,1H3. The number of thioether (sulfide) groups is 1. The summed E-state index contributed by atoms with van der Waals surface area (Å²) in [5.41, 5.74) is 2.14. The van der Waals surface area contributed by atoms with Crippen LogP contribution in [0.15, 0.2) is 18.2 Å². The molecule has 0 N–H and O–H groups in total. The molecule has 18 heavy (non-hydrogen) atoms. The lowest BCUT2D eigenvalue weighted by Gasteiger charge is -2.15. The lowest BCUT2D eigenvalue weighted by atomic mass is 10.2. The molecule has 1 unspecified atom stereocenters. The van der Waals surface area contributed by atoms with E-state index in [2.05, 4.69) is 15.6 Å². The van der Waals surface area contributed by atoms with Gasteiger partial charge in [-0.3, -0.25) is 0 Å². The van der Waals surface area contributed by atoms with Crippen molar-refractivity contribution in [2.45, 2.75) is 18.3 Å². The number of imidazole rings is 1. The van der Waals surface area contributed by atoms with Crippen LogP contribution >= 0.6 is 23.4 Å². The van der Waals surface area contributed by atoms with Gasteiger partial charge in [0.15, 0.2) is 0 Å². The van der Waals surface area contributed by atoms with E-state index in [9.17, 15) is 0 Å². The van der Waals surface area contributed by atoms with E-state index >= 15 is 0 Å². The number of aromatic nitrogens is 2. The molecule has 1 fully saturated rings. The van der Waals surface area contributed by atoms with Gasteiger partial charge in [0.1, 0.15) is 11.6 Å². The maximum atomic E-state index is 6.03. The molecular weight excluding hydrogens is 268 g/mol. The Morgan fingerprint density at radius 3 is 3.11 bits per heavy atom. The highest BCUT2D eigenvalue weighted by Crippen LogP contribution is 2.33. The van der Waals surface area contributed by atoms with Crippen molar-refractivity contribution in [1.29, 1.82) is 0 Å². The van der Waals surface area contributed by atoms with E-state index in [-0.39, 0.29) is 0 Å². The SMILES string of the molecule is COc1ccc2nc(CCl)n(C3CCSC3)c2c1. The molecule has 0 spiro atoms. The van der Waals surface area contributed by atoms with Gasteiger partial charge in [0.05, 0.1) is 24.0 Å². The van der Waals surface area contributed by atoms with E-state index in [0.29, 0.717) is 11.9 Å². The summed E-state index contributed by atoms with van der Waals surface area (Å²) in [7, 11) is 1.69. The minimum atomic E-state index is 0.457. The second kappa shape index (κ2) is 5.02. The van der Waals surface area contributed by atoms with Gasteiger partial charge in [-0.25, -0.2) is 4.98 Å². The highest BCUT2D eigenvalue weighted by atomic mass is 35.5. The Morgan fingerprint density at radius 2 is 2.44 bits per heavy atom. The third kappa shape index (κ3) is 1.97. The van der Waals surface area contributed by atoms with Crippen LogP contribution in [0.3, 0.4) is 0 Å². The molecule has 1 aliphatic heterocycles. The monoisotopic (exact) mass is 282 g/mol. The van der Waals surface area contributed by atoms with Crippen LogP contribution in [0, 0.1) is 0 Å². The molecule has 0 saturated carbocycles. The van der Waals surface area contributed by atoms with Crippen LogP contribution in [0.4, 0.5) is 0 Å². The van der Waals surface area contributed by atoms with Crippen molar-refractivity contribution in [1.82, 2.24) is 9.55 Å². The number of benzene rings is 1. The van der Waals surface area contributed by atoms with E-state index < -0.39 is 0 Å². The summed E-state index contributed by atoms with van der Waals surface area (Å²) in [5, 5.41) is 0. The summed E-state index contributed by atoms with van der Waals surface area (Å²) in [6.07, 6.45) is 1.19. The molecule has 0 bridgehead atoms. The van der Waals surface area contributed by atoms with E-state index in [1.807, 2.05) is 23.9 Å². The quantitative estimate of drug-likeness (QED) is 0.807. The highest BCUT2D eigenvalue weighted by Gasteiger charge is 2.22. The minimum Gasteiger partial charge on any atom is -0.497 e. The van der Waals surface area contributed by atoms with Crippen molar-refractivity contribution in [2.24, 2.45) is 0 Å². The van der Waals surface area contributed by atoms with Crippen LogP contribution in [0.2, 0.25) is 0 Å². The lowest BCUT2D eigenvalue weighted by molar-refractivity contribution is 0.415. The van der Waals surface area contributed by atoms with Gasteiger partial charge in [-0.2, -0.15) is 11.8 Å². The predicted octanol–water partition coefficient (Wildman–Crippen LogP) is 3.46. The normalized spacial score (nSPS) is 19.6. The fraction of sp³-hybridized carbons (Fsp3) is 0.462. The minimum absolute atomic E-state index is 0.457. The molecule has 0 radical (unpaired) electrons. The number of ether oxygens (including phenoxy) is 1. The molecule has 1 atom stereocenters. The first-order chi connectivity index (χ1) is 8.83. The topological polar surface area (TPSA) is 27.1 Å². The van der Waals surface area contributed by atoms with E-state index in [4.69, 9.17) is 16.3 Å². The molecule has 1 saturated heterocycles. The van der Waals surface area contributed by atoms with E-state index in [1.165, 1.54) is 12.2 Å². The number of rotatable bonds is 3. The Bertz CT molecular complexity index is 563. The maximum absolute atomic E-state index is 6.03. The first kappa shape index (κ1) is 12.2. The summed E-state index contributed by atoms with van der Waals surface area (Å²) in [5.74, 6) is 4.66. The van der Waals surface area contributed by atoms with Crippen molar-refractivity contribution in [3.05, 3.63) is 24.0 Å². The molecule has 3 nitrogen and oxygen atoms in total. The van der Waals surface area contributed by atoms with Crippen molar-refractivity contribution in [3.8, 4) is 5.75 Å². The van der Waals surface area contributed by atoms with Crippen LogP contribution in [0.25, 0.3) is 11.0 Å². The first-order valence-corrected chi connectivity index (χ1v) is 7.71. The predicted molar refractivity (Wildman–Crippen MR) is 76.8 cm³/mol. The van der Waals surface area contributed by atoms with Gasteiger partial charge in [0.25, 0.3) is 0 Å². The zero-order chi connectivity index (χ0) is 12.5. The Balaban J connectivity index is 2.17. The molecule has 96 valence electrons. The van der Waals surface area contributed by atoms with E-state index in [1.54, 1.807) is 7.11 Å². The van der Waals surface area contributed by atoms with Crippen LogP contribution < -0.4 is 4.74 Å². The van der Waals surface area contributed by atoms with Gasteiger partial charge in [-0.05, 0) is 24.3 Å². The molecule has 2 heterocycles. The van der Waals surface area contributed by atoms with Gasteiger partial charge >= 0.3 is 0 Å². The van der Waals surface area contributed by atoms with Crippen LogP contribution in [0.5, 0.6) is 5.75 Å². The Labute approximate surface area is 115 Å². The lowest BCUT2D eigenvalue weighted by Crippen LogP contribution is -2.10. The number of fused-ring (bicyclic) bond motifs is 1. The summed E-state index contributed by atoms with van der Waals surface area (Å²) < 4.78 is 7.60. The Kier molecular flexibility index (Phi) is 3.39. The van der Waals surface area contributed by atoms with Crippen LogP contribution in [-0.4, -0.2) is 28.2 Å². The van der Waals surface area contributed by atoms with Gasteiger partial charge in [-0.1, -0.05) is 0 Å². The summed E-state index contributed by atoms with van der Waals surface area (Å²) in [6.45, 7) is 0. The molecule has 3 rings (SSSR count). The molecule has 2 aromatic rings. The summed E-state index contributed by atoms with van der Waals surface area (Å²) in [4.78, 5) is 4.62. The van der Waals surface area contributed by atoms with Gasteiger partial charge in [0.2, 0.25) is 0 Å². The van der Waals surface area contributed by atoms with Crippen molar-refractivity contribution in [2.75, 3.05) is 18.6 Å². The second-order valence-electron chi connectivity index (χ2n) is 4.40. The van der Waals surface area contributed by atoms with Crippen molar-refractivity contribution >= 4 is 34.4 Å². The molecular formula is C13H15ClN2OS. The second-order valence-corrected chi connectivity index (χ2v) is 5.82. The van der Waals surface area contributed by atoms with Crippen LogP contribution in [0.1, 0.15) is 18.3 Å². The number of alkyl halides is 1. The van der Waals surface area contributed by atoms with Gasteiger partial charge in [-0.15, -0.1) is 11.6 Å². The number of methoxy groups -OCH3 is 1. The van der Waals surface area contributed by atoms with Crippen molar-refractivity contribution < 1.29 is 4.74 Å². The number of hydrogen-bond donors (Lipinski definition) is 0. The Morgan fingerprint density at radius 1 is 1.56 bits per heavy atom. The highest BCUT2D eigenvalue weighted by molar-refractivity contribution is 7.99.